The number of fused-ring (bicyclic) bond motifs is 7. The molecule has 0 saturated carbocycles. The van der Waals surface area contributed by atoms with Gasteiger partial charge in [0.05, 0.1) is 22.1 Å². The Bertz CT molecular complexity index is 3790. The summed E-state index contributed by atoms with van der Waals surface area (Å²) in [4.78, 5) is 16.2. The average Bonchev–Trinajstić information content (AvgIpc) is 3.87. The SMILES string of the molecule is Bc1c(B)c(B)c(-c2cccc(-c3cccc(-n4c5ccccc5c5ccc6c7ccccc7n(-c7nc(-c8ccccc8)nc(-c8c(B)c(B)c(B)c(B)c8B)n7)c6c54)c3)c2)c(B)c1B. The van der Waals surface area contributed by atoms with Gasteiger partial charge in [0.15, 0.2) is 11.6 Å². The predicted octanol–water partition coefficient (Wildman–Crippen LogP) is -4.68. The Balaban J connectivity index is 1.20. The Kier molecular flexibility index (Phi) is 10.0. The van der Waals surface area contributed by atoms with Crippen molar-refractivity contribution in [2.24, 2.45) is 0 Å². The third-order valence-electron chi connectivity index (χ3n) is 15.1. The molecule has 11 rings (SSSR count). The van der Waals surface area contributed by atoms with E-state index >= 15 is 0 Å². The molecule has 15 heteroatoms. The second-order valence-electron chi connectivity index (χ2n) is 18.3. The van der Waals surface area contributed by atoms with Crippen LogP contribution in [-0.4, -0.2) is 103 Å². The largest absolute Gasteiger partial charge is 0.307 e. The van der Waals surface area contributed by atoms with Crippen molar-refractivity contribution in [2.75, 3.05) is 0 Å². The number of para-hydroxylation sites is 2. The van der Waals surface area contributed by atoms with Crippen LogP contribution in [0.3, 0.4) is 0 Å². The zero-order valence-electron chi connectivity index (χ0n) is 39.5. The summed E-state index contributed by atoms with van der Waals surface area (Å²) < 4.78 is 4.75. The molecular weight excluding hydrogens is 791 g/mol. The van der Waals surface area contributed by atoms with E-state index in [1.807, 2.05) is 18.2 Å². The maximum atomic E-state index is 5.51. The van der Waals surface area contributed by atoms with Crippen molar-refractivity contribution in [1.29, 1.82) is 0 Å². The Morgan fingerprint density at radius 3 is 1.35 bits per heavy atom. The maximum absolute atomic E-state index is 5.51. The van der Waals surface area contributed by atoms with Gasteiger partial charge < -0.3 is 4.57 Å². The lowest BCUT2D eigenvalue weighted by Gasteiger charge is -2.21. The summed E-state index contributed by atoms with van der Waals surface area (Å²) in [7, 11) is 22.3. The Morgan fingerprint density at radius 1 is 0.303 bits per heavy atom. The van der Waals surface area contributed by atoms with E-state index in [1.165, 1.54) is 82.1 Å². The van der Waals surface area contributed by atoms with E-state index in [0.29, 0.717) is 17.6 Å². The first-order valence-corrected chi connectivity index (χ1v) is 23.1. The van der Waals surface area contributed by atoms with Crippen LogP contribution in [0.4, 0.5) is 0 Å². The first-order valence-electron chi connectivity index (χ1n) is 23.1. The average molecular weight is 834 g/mol. The van der Waals surface area contributed by atoms with Crippen LogP contribution < -0.4 is 54.6 Å². The second-order valence-corrected chi connectivity index (χ2v) is 18.3. The Morgan fingerprint density at radius 2 is 0.742 bits per heavy atom. The smallest absolute Gasteiger partial charge is 0.238 e. The topological polar surface area (TPSA) is 48.5 Å². The Labute approximate surface area is 395 Å². The van der Waals surface area contributed by atoms with Crippen molar-refractivity contribution >= 4 is 177 Å². The van der Waals surface area contributed by atoms with Crippen LogP contribution in [0.25, 0.3) is 100 Å². The third kappa shape index (κ3) is 6.34. The van der Waals surface area contributed by atoms with Gasteiger partial charge in [0, 0.05) is 38.4 Å². The molecule has 0 fully saturated rings. The van der Waals surface area contributed by atoms with Crippen LogP contribution in [-0.2, 0) is 0 Å². The van der Waals surface area contributed by atoms with Gasteiger partial charge in [-0.05, 0) is 52.6 Å². The lowest BCUT2D eigenvalue weighted by molar-refractivity contribution is 0.955. The van der Waals surface area contributed by atoms with Crippen molar-refractivity contribution in [3.8, 4) is 56.7 Å². The highest BCUT2D eigenvalue weighted by molar-refractivity contribution is 6.69. The zero-order valence-corrected chi connectivity index (χ0v) is 39.5. The standard InChI is InChI=1S/C51H43B10N5/c52-37-35(38(53)42(57)45(60)41(37)56)27-14-8-12-25(22-27)26-13-9-15-28(23-26)65-33-18-6-4-16-29(33)31-20-21-32-30-17-5-7-19-34(30)66(48(32)47(31)65)51-63-49(24-10-2-1-3-11-24)62-50(64-51)36-39(54)43(58)46(61)44(59)40(36)55/h1-23H,52-61H2. The molecule has 3 heterocycles. The molecule has 5 nitrogen and oxygen atoms in total. The number of nitrogens with zero attached hydrogens (tertiary/aromatic N) is 5. The number of benzene rings is 8. The molecule has 302 valence electrons. The van der Waals surface area contributed by atoms with Crippen LogP contribution in [0.5, 0.6) is 0 Å². The molecule has 11 aromatic rings. The summed E-state index contributed by atoms with van der Waals surface area (Å²) in [6, 6.07) is 50.5. The molecule has 0 aliphatic heterocycles. The van der Waals surface area contributed by atoms with E-state index in [2.05, 4.69) is 209 Å². The second kappa shape index (κ2) is 15.9. The summed E-state index contributed by atoms with van der Waals surface area (Å²) in [6.45, 7) is 0. The molecule has 0 amide bonds. The molecule has 0 spiro atoms. The van der Waals surface area contributed by atoms with Crippen molar-refractivity contribution in [3.05, 3.63) is 140 Å². The molecule has 0 unspecified atom stereocenters. The molecule has 66 heavy (non-hydrogen) atoms. The molecule has 0 aliphatic carbocycles. The first kappa shape index (κ1) is 41.7. The summed E-state index contributed by atoms with van der Waals surface area (Å²) in [5.74, 6) is 1.90. The fourth-order valence-corrected chi connectivity index (χ4v) is 10.7. The molecule has 0 bridgehead atoms. The van der Waals surface area contributed by atoms with Crippen LogP contribution in [0, 0.1) is 0 Å². The van der Waals surface area contributed by atoms with Gasteiger partial charge in [-0.1, -0.05) is 131 Å². The van der Waals surface area contributed by atoms with Gasteiger partial charge in [0.1, 0.15) is 78.5 Å². The lowest BCUT2D eigenvalue weighted by Crippen LogP contribution is -2.55. The maximum Gasteiger partial charge on any atom is 0.238 e. The normalized spacial score (nSPS) is 11.6. The quantitative estimate of drug-likeness (QED) is 0.159. The number of aromatic nitrogens is 5. The van der Waals surface area contributed by atoms with Gasteiger partial charge in [-0.2, -0.15) is 9.97 Å². The summed E-state index contributed by atoms with van der Waals surface area (Å²) in [5, 5.41) is 4.63. The predicted molar refractivity (Wildman–Crippen MR) is 312 cm³/mol. The van der Waals surface area contributed by atoms with E-state index in [4.69, 9.17) is 15.0 Å². The minimum atomic E-state index is 0.585. The van der Waals surface area contributed by atoms with Gasteiger partial charge >= 0.3 is 0 Å². The molecule has 0 N–H and O–H groups in total. The van der Waals surface area contributed by atoms with Crippen molar-refractivity contribution in [3.63, 3.8) is 0 Å². The van der Waals surface area contributed by atoms with Gasteiger partial charge in [-0.3, -0.25) is 4.57 Å². The van der Waals surface area contributed by atoms with Crippen LogP contribution in [0.2, 0.25) is 0 Å². The molecular formula is C51H43B10N5. The molecule has 0 saturated heterocycles. The highest BCUT2D eigenvalue weighted by Crippen LogP contribution is 2.42. The lowest BCUT2D eigenvalue weighted by atomic mass is 9.59. The van der Waals surface area contributed by atoms with Gasteiger partial charge in [-0.15, -0.1) is 32.8 Å². The minimum Gasteiger partial charge on any atom is -0.307 e. The van der Waals surface area contributed by atoms with E-state index in [-0.39, 0.29) is 0 Å². The summed E-state index contributed by atoms with van der Waals surface area (Å²) in [6.07, 6.45) is 0. The zero-order chi connectivity index (χ0) is 45.7. The third-order valence-corrected chi connectivity index (χ3v) is 15.1. The van der Waals surface area contributed by atoms with E-state index < -0.39 is 0 Å². The van der Waals surface area contributed by atoms with E-state index in [0.717, 1.165) is 55.2 Å². The highest BCUT2D eigenvalue weighted by atomic mass is 15.2. The van der Waals surface area contributed by atoms with Gasteiger partial charge in [0.2, 0.25) is 5.95 Å². The van der Waals surface area contributed by atoms with Crippen molar-refractivity contribution < 1.29 is 0 Å². The molecule has 0 atom stereocenters. The monoisotopic (exact) mass is 835 g/mol. The Hall–Kier alpha value is -6.98. The van der Waals surface area contributed by atoms with E-state index in [1.54, 1.807) is 0 Å². The molecule has 8 aromatic carbocycles. The minimum absolute atomic E-state index is 0.585. The summed E-state index contributed by atoms with van der Waals surface area (Å²) >= 11 is 0. The molecule has 0 aliphatic rings. The van der Waals surface area contributed by atoms with Crippen LogP contribution >= 0.6 is 0 Å². The van der Waals surface area contributed by atoms with Crippen LogP contribution in [0.1, 0.15) is 0 Å². The number of hydrogen-bond donors (Lipinski definition) is 0. The van der Waals surface area contributed by atoms with Crippen molar-refractivity contribution in [2.45, 2.75) is 0 Å². The van der Waals surface area contributed by atoms with Crippen molar-refractivity contribution in [1.82, 2.24) is 24.1 Å². The van der Waals surface area contributed by atoms with E-state index in [9.17, 15) is 0 Å². The molecule has 3 aromatic heterocycles. The summed E-state index contributed by atoms with van der Waals surface area (Å²) in [5.41, 5.74) is 25.4. The van der Waals surface area contributed by atoms with Gasteiger partial charge in [0.25, 0.3) is 0 Å². The molecule has 0 radical (unpaired) electrons. The highest BCUT2D eigenvalue weighted by Gasteiger charge is 2.25. The van der Waals surface area contributed by atoms with Gasteiger partial charge in [-0.25, -0.2) is 4.98 Å². The first-order chi connectivity index (χ1) is 31.9. The van der Waals surface area contributed by atoms with Crippen LogP contribution in [0.15, 0.2) is 140 Å². The fraction of sp³-hybridized carbons (Fsp3) is 0. The number of rotatable bonds is 6. The fourth-order valence-electron chi connectivity index (χ4n) is 10.7. The number of hydrogen-bond acceptors (Lipinski definition) is 3.